The predicted molar refractivity (Wildman–Crippen MR) is 91.5 cm³/mol. The lowest BCUT2D eigenvalue weighted by Gasteiger charge is -2.37. The second-order valence-corrected chi connectivity index (χ2v) is 7.50. The van der Waals surface area contributed by atoms with E-state index >= 15 is 0 Å². The van der Waals surface area contributed by atoms with Crippen molar-refractivity contribution >= 4 is 5.91 Å². The van der Waals surface area contributed by atoms with Gasteiger partial charge in [-0.25, -0.2) is 0 Å². The number of carbonyl (C=O) groups is 1. The molecule has 126 valence electrons. The van der Waals surface area contributed by atoms with Crippen LogP contribution >= 0.6 is 0 Å². The van der Waals surface area contributed by atoms with E-state index in [4.69, 9.17) is 10.5 Å². The van der Waals surface area contributed by atoms with Gasteiger partial charge in [-0.05, 0) is 38.7 Å². The second kappa shape index (κ2) is 6.16. The van der Waals surface area contributed by atoms with Crippen LogP contribution in [-0.4, -0.2) is 25.1 Å². The summed E-state index contributed by atoms with van der Waals surface area (Å²) in [4.78, 5) is 12.7. The van der Waals surface area contributed by atoms with Gasteiger partial charge in [0, 0.05) is 23.1 Å². The molecule has 2 atom stereocenters. The molecule has 0 radical (unpaired) electrons. The van der Waals surface area contributed by atoms with E-state index in [0.717, 1.165) is 44.3 Å². The number of ether oxygens (including phenoxy) is 1. The summed E-state index contributed by atoms with van der Waals surface area (Å²) in [7, 11) is 1.70. The monoisotopic (exact) mass is 316 g/mol. The van der Waals surface area contributed by atoms with Gasteiger partial charge in [0.05, 0.1) is 13.0 Å². The van der Waals surface area contributed by atoms with Crippen LogP contribution in [0.1, 0.15) is 51.0 Å². The van der Waals surface area contributed by atoms with Gasteiger partial charge in [-0.1, -0.05) is 31.0 Å². The van der Waals surface area contributed by atoms with E-state index in [1.165, 1.54) is 5.56 Å². The molecule has 3 rings (SSSR count). The Morgan fingerprint density at radius 2 is 2.04 bits per heavy atom. The van der Waals surface area contributed by atoms with Crippen LogP contribution in [0.25, 0.3) is 0 Å². The van der Waals surface area contributed by atoms with E-state index in [9.17, 15) is 4.79 Å². The van der Waals surface area contributed by atoms with Crippen LogP contribution < -0.4 is 15.8 Å². The van der Waals surface area contributed by atoms with Gasteiger partial charge in [0.15, 0.2) is 0 Å². The Bertz CT molecular complexity index is 578. The predicted octanol–water partition coefficient (Wildman–Crippen LogP) is 2.75. The third-order valence-corrected chi connectivity index (χ3v) is 5.70. The summed E-state index contributed by atoms with van der Waals surface area (Å²) in [6.45, 7) is 2.70. The highest BCUT2D eigenvalue weighted by atomic mass is 16.5. The number of benzene rings is 1. The molecule has 2 saturated carbocycles. The first-order valence-corrected chi connectivity index (χ1v) is 8.69. The topological polar surface area (TPSA) is 64.3 Å². The highest BCUT2D eigenvalue weighted by Gasteiger charge is 2.47. The van der Waals surface area contributed by atoms with Crippen molar-refractivity contribution in [3.05, 3.63) is 29.8 Å². The van der Waals surface area contributed by atoms with E-state index in [1.807, 2.05) is 25.1 Å². The van der Waals surface area contributed by atoms with E-state index in [-0.39, 0.29) is 22.8 Å². The number of nitrogens with one attached hydrogen (secondary N) is 1. The van der Waals surface area contributed by atoms with Gasteiger partial charge in [-0.3, -0.25) is 4.79 Å². The summed E-state index contributed by atoms with van der Waals surface area (Å²) in [5.41, 5.74) is 7.24. The molecule has 4 heteroatoms. The molecule has 0 heterocycles. The number of amides is 1. The normalized spacial score (nSPS) is 28.9. The average molecular weight is 316 g/mol. The number of para-hydroxylation sites is 1. The van der Waals surface area contributed by atoms with Gasteiger partial charge in [0.1, 0.15) is 5.75 Å². The number of nitrogens with two attached hydrogens (primary N) is 1. The third kappa shape index (κ3) is 3.23. The number of hydrogen-bond acceptors (Lipinski definition) is 3. The van der Waals surface area contributed by atoms with Crippen molar-refractivity contribution in [2.45, 2.75) is 56.4 Å². The van der Waals surface area contributed by atoms with Gasteiger partial charge in [0.2, 0.25) is 5.91 Å². The lowest BCUT2D eigenvalue weighted by Crippen LogP contribution is -2.53. The molecule has 2 aliphatic carbocycles. The number of methoxy groups -OCH3 is 1. The third-order valence-electron chi connectivity index (χ3n) is 5.70. The molecule has 2 aliphatic rings. The van der Waals surface area contributed by atoms with Crippen molar-refractivity contribution in [1.82, 2.24) is 5.32 Å². The maximum absolute atomic E-state index is 12.7. The lowest BCUT2D eigenvalue weighted by atomic mass is 9.74. The van der Waals surface area contributed by atoms with Crippen LogP contribution in [0, 0.1) is 5.92 Å². The molecule has 1 aromatic rings. The van der Waals surface area contributed by atoms with Gasteiger partial charge in [0.25, 0.3) is 0 Å². The average Bonchev–Trinajstić information content (AvgIpc) is 3.33. The number of rotatable bonds is 5. The molecule has 0 saturated heterocycles. The van der Waals surface area contributed by atoms with E-state index in [2.05, 4.69) is 11.4 Å². The van der Waals surface area contributed by atoms with Gasteiger partial charge in [-0.15, -0.1) is 0 Å². The van der Waals surface area contributed by atoms with Crippen molar-refractivity contribution in [3.63, 3.8) is 0 Å². The summed E-state index contributed by atoms with van der Waals surface area (Å²) < 4.78 is 5.50. The molecule has 0 aliphatic heterocycles. The molecule has 0 bridgehead atoms. The standard InChI is InChI=1S/C19H28N2O2/c1-18(20)10-6-5-8-15(18)17(22)21-13-19(11-12-19)14-7-3-4-9-16(14)23-2/h3-4,7,9,15H,5-6,8,10-13,20H2,1-2H3,(H,21,22). The Labute approximate surface area is 138 Å². The summed E-state index contributed by atoms with van der Waals surface area (Å²) in [6, 6.07) is 8.14. The largest absolute Gasteiger partial charge is 0.496 e. The fourth-order valence-electron chi connectivity index (χ4n) is 3.94. The molecular formula is C19H28N2O2. The maximum atomic E-state index is 12.7. The van der Waals surface area contributed by atoms with E-state index in [1.54, 1.807) is 7.11 Å². The van der Waals surface area contributed by atoms with Gasteiger partial charge >= 0.3 is 0 Å². The molecule has 1 aromatic carbocycles. The molecule has 3 N–H and O–H groups in total. The van der Waals surface area contributed by atoms with Crippen molar-refractivity contribution < 1.29 is 9.53 Å². The lowest BCUT2D eigenvalue weighted by molar-refractivity contribution is -0.128. The van der Waals surface area contributed by atoms with Crippen LogP contribution in [0.3, 0.4) is 0 Å². The second-order valence-electron chi connectivity index (χ2n) is 7.50. The SMILES string of the molecule is COc1ccccc1C1(CNC(=O)C2CCCCC2(C)N)CC1. The first-order valence-electron chi connectivity index (χ1n) is 8.69. The summed E-state index contributed by atoms with van der Waals surface area (Å²) >= 11 is 0. The van der Waals surface area contributed by atoms with Crippen molar-refractivity contribution in [1.29, 1.82) is 0 Å². The molecule has 23 heavy (non-hydrogen) atoms. The Kier molecular flexibility index (Phi) is 4.37. The van der Waals surface area contributed by atoms with Crippen LogP contribution in [-0.2, 0) is 10.2 Å². The Balaban J connectivity index is 1.67. The smallest absolute Gasteiger partial charge is 0.224 e. The number of hydrogen-bond donors (Lipinski definition) is 2. The van der Waals surface area contributed by atoms with Crippen LogP contribution in [0.5, 0.6) is 5.75 Å². The zero-order valence-electron chi connectivity index (χ0n) is 14.2. The maximum Gasteiger partial charge on any atom is 0.224 e. The van der Waals surface area contributed by atoms with Crippen LogP contribution in [0.4, 0.5) is 0 Å². The first-order chi connectivity index (χ1) is 11.0. The Morgan fingerprint density at radius 1 is 1.30 bits per heavy atom. The molecule has 2 fully saturated rings. The highest BCUT2D eigenvalue weighted by molar-refractivity contribution is 5.80. The Morgan fingerprint density at radius 3 is 2.70 bits per heavy atom. The van der Waals surface area contributed by atoms with Crippen LogP contribution in [0.2, 0.25) is 0 Å². The van der Waals surface area contributed by atoms with Crippen LogP contribution in [0.15, 0.2) is 24.3 Å². The summed E-state index contributed by atoms with van der Waals surface area (Å²) in [5.74, 6) is 0.973. The van der Waals surface area contributed by atoms with Gasteiger partial charge in [-0.2, -0.15) is 0 Å². The zero-order valence-corrected chi connectivity index (χ0v) is 14.2. The zero-order chi connectivity index (χ0) is 16.5. The fourth-order valence-corrected chi connectivity index (χ4v) is 3.94. The molecule has 0 aromatic heterocycles. The fraction of sp³-hybridized carbons (Fsp3) is 0.632. The van der Waals surface area contributed by atoms with Crippen molar-refractivity contribution in [2.75, 3.05) is 13.7 Å². The summed E-state index contributed by atoms with van der Waals surface area (Å²) in [6.07, 6.45) is 6.25. The quantitative estimate of drug-likeness (QED) is 0.878. The molecule has 0 spiro atoms. The minimum atomic E-state index is -0.372. The first kappa shape index (κ1) is 16.3. The molecular weight excluding hydrogens is 288 g/mol. The molecule has 2 unspecified atom stereocenters. The minimum Gasteiger partial charge on any atom is -0.496 e. The molecule has 1 amide bonds. The Hall–Kier alpha value is -1.55. The summed E-state index contributed by atoms with van der Waals surface area (Å²) in [5, 5.41) is 3.19. The van der Waals surface area contributed by atoms with Crippen molar-refractivity contribution in [2.24, 2.45) is 11.7 Å². The number of carbonyl (C=O) groups excluding carboxylic acids is 1. The van der Waals surface area contributed by atoms with Crippen molar-refractivity contribution in [3.8, 4) is 5.75 Å². The van der Waals surface area contributed by atoms with E-state index < -0.39 is 0 Å². The van der Waals surface area contributed by atoms with Gasteiger partial charge < -0.3 is 15.8 Å². The minimum absolute atomic E-state index is 0.0436. The molecule has 4 nitrogen and oxygen atoms in total. The highest BCUT2D eigenvalue weighted by Crippen LogP contribution is 2.50. The van der Waals surface area contributed by atoms with E-state index in [0.29, 0.717) is 6.54 Å².